The zero-order valence-corrected chi connectivity index (χ0v) is 18.5. The van der Waals surface area contributed by atoms with Crippen LogP contribution in [0.25, 0.3) is 0 Å². The number of sulfonamides is 1. The van der Waals surface area contributed by atoms with Crippen LogP contribution in [-0.2, 0) is 16.6 Å². The maximum absolute atomic E-state index is 12.5. The van der Waals surface area contributed by atoms with Crippen molar-refractivity contribution >= 4 is 27.8 Å². The van der Waals surface area contributed by atoms with Crippen molar-refractivity contribution in [3.8, 4) is 0 Å². The van der Waals surface area contributed by atoms with Crippen LogP contribution in [0, 0.1) is 0 Å². The summed E-state index contributed by atoms with van der Waals surface area (Å²) in [6.07, 6.45) is 2.21. The Morgan fingerprint density at radius 1 is 1.03 bits per heavy atom. The number of carbonyl (C=O) groups is 1. The van der Waals surface area contributed by atoms with Crippen molar-refractivity contribution in [2.24, 2.45) is 0 Å². The third kappa shape index (κ3) is 4.85. The molecule has 0 radical (unpaired) electrons. The van der Waals surface area contributed by atoms with Crippen LogP contribution in [0.4, 0.5) is 11.9 Å². The van der Waals surface area contributed by atoms with Crippen LogP contribution in [-0.4, -0.2) is 74.9 Å². The second-order valence-electron chi connectivity index (χ2n) is 7.43. The normalized spacial score (nSPS) is 14.2. The Hall–Kier alpha value is -2.79. The monoisotopic (exact) mass is 433 g/mol. The summed E-state index contributed by atoms with van der Waals surface area (Å²) >= 11 is 0. The van der Waals surface area contributed by atoms with E-state index in [2.05, 4.69) is 25.2 Å². The van der Waals surface area contributed by atoms with Gasteiger partial charge in [-0.15, -0.1) is 0 Å². The maximum Gasteiger partial charge on any atom is 0.251 e. The molecule has 0 saturated carbocycles. The van der Waals surface area contributed by atoms with Crippen molar-refractivity contribution in [1.82, 2.24) is 24.6 Å². The molecule has 1 aliphatic rings. The molecule has 0 unspecified atom stereocenters. The van der Waals surface area contributed by atoms with Crippen LogP contribution in [0.5, 0.6) is 0 Å². The Bertz CT molecular complexity index is 1000. The lowest BCUT2D eigenvalue weighted by Gasteiger charge is -2.19. The second-order valence-corrected chi connectivity index (χ2v) is 9.59. The van der Waals surface area contributed by atoms with Crippen LogP contribution in [0.3, 0.4) is 0 Å². The van der Waals surface area contributed by atoms with E-state index >= 15 is 0 Å². The van der Waals surface area contributed by atoms with Gasteiger partial charge in [0.15, 0.2) is 5.82 Å². The minimum absolute atomic E-state index is 0.132. The molecule has 2 aromatic rings. The summed E-state index contributed by atoms with van der Waals surface area (Å²) in [5, 5.41) is 2.79. The first-order valence-electron chi connectivity index (χ1n) is 9.66. The van der Waals surface area contributed by atoms with Crippen molar-refractivity contribution in [2.75, 3.05) is 51.1 Å². The van der Waals surface area contributed by atoms with Crippen molar-refractivity contribution in [3.05, 3.63) is 35.7 Å². The summed E-state index contributed by atoms with van der Waals surface area (Å²) in [4.78, 5) is 30.0. The molecule has 1 aromatic heterocycles. The quantitative estimate of drug-likeness (QED) is 0.680. The van der Waals surface area contributed by atoms with E-state index in [0.29, 0.717) is 23.3 Å². The number of nitrogens with one attached hydrogen (secondary N) is 1. The number of anilines is 2. The molecule has 0 spiro atoms. The smallest absolute Gasteiger partial charge is 0.251 e. The lowest BCUT2D eigenvalue weighted by molar-refractivity contribution is 0.0949. The van der Waals surface area contributed by atoms with Gasteiger partial charge in [-0.2, -0.15) is 15.0 Å². The van der Waals surface area contributed by atoms with E-state index in [1.54, 1.807) is 4.90 Å². The van der Waals surface area contributed by atoms with Gasteiger partial charge in [0.2, 0.25) is 21.9 Å². The third-order valence-corrected chi connectivity index (χ3v) is 6.58. The number of hydrogen-bond acceptors (Lipinski definition) is 8. The van der Waals surface area contributed by atoms with Gasteiger partial charge in [-0.1, -0.05) is 0 Å². The highest BCUT2D eigenvalue weighted by Crippen LogP contribution is 2.18. The summed E-state index contributed by atoms with van der Waals surface area (Å²) in [6.45, 7) is 1.95. The molecule has 1 N–H and O–H groups in total. The number of aromatic nitrogens is 3. The molecule has 0 atom stereocenters. The van der Waals surface area contributed by atoms with Gasteiger partial charge >= 0.3 is 0 Å². The van der Waals surface area contributed by atoms with Crippen molar-refractivity contribution in [3.63, 3.8) is 0 Å². The molecule has 1 fully saturated rings. The predicted molar refractivity (Wildman–Crippen MR) is 114 cm³/mol. The molecule has 0 bridgehead atoms. The molecule has 1 aliphatic heterocycles. The van der Waals surface area contributed by atoms with Crippen LogP contribution in [0.2, 0.25) is 0 Å². The van der Waals surface area contributed by atoms with Gasteiger partial charge < -0.3 is 15.1 Å². The molecule has 3 rings (SSSR count). The summed E-state index contributed by atoms with van der Waals surface area (Å²) in [7, 11) is 3.10. The Balaban J connectivity index is 1.72. The number of nitrogens with zero attached hydrogens (tertiary/aromatic N) is 6. The Labute approximate surface area is 177 Å². The van der Waals surface area contributed by atoms with Gasteiger partial charge in [0.05, 0.1) is 11.4 Å². The number of benzene rings is 1. The van der Waals surface area contributed by atoms with Gasteiger partial charge in [0, 0.05) is 46.8 Å². The fourth-order valence-corrected chi connectivity index (χ4v) is 3.89. The summed E-state index contributed by atoms with van der Waals surface area (Å²) in [5.41, 5.74) is 0.356. The molecular formula is C19H27N7O3S. The van der Waals surface area contributed by atoms with E-state index in [-0.39, 0.29) is 17.3 Å². The summed E-state index contributed by atoms with van der Waals surface area (Å²) < 4.78 is 25.4. The fourth-order valence-electron chi connectivity index (χ4n) is 2.98. The number of hydrogen-bond donors (Lipinski definition) is 1. The van der Waals surface area contributed by atoms with E-state index in [0.717, 1.165) is 30.2 Å². The van der Waals surface area contributed by atoms with E-state index in [1.165, 1.54) is 38.4 Å². The topological polar surface area (TPSA) is 112 Å². The van der Waals surface area contributed by atoms with Gasteiger partial charge in [0.25, 0.3) is 5.91 Å². The Morgan fingerprint density at radius 2 is 1.67 bits per heavy atom. The molecule has 11 heteroatoms. The molecule has 2 heterocycles. The van der Waals surface area contributed by atoms with Crippen LogP contribution >= 0.6 is 0 Å². The zero-order valence-electron chi connectivity index (χ0n) is 17.7. The molecule has 10 nitrogen and oxygen atoms in total. The average Bonchev–Trinajstić information content (AvgIpc) is 3.26. The highest BCUT2D eigenvalue weighted by molar-refractivity contribution is 7.89. The molecule has 1 saturated heterocycles. The van der Waals surface area contributed by atoms with Crippen molar-refractivity contribution in [1.29, 1.82) is 0 Å². The van der Waals surface area contributed by atoms with E-state index in [4.69, 9.17) is 0 Å². The minimum Gasteiger partial charge on any atom is -0.347 e. The van der Waals surface area contributed by atoms with Crippen molar-refractivity contribution in [2.45, 2.75) is 24.3 Å². The molecular weight excluding hydrogens is 406 g/mol. The van der Waals surface area contributed by atoms with Crippen LogP contribution in [0.15, 0.2) is 29.2 Å². The molecule has 1 amide bonds. The van der Waals surface area contributed by atoms with Crippen molar-refractivity contribution < 1.29 is 13.2 Å². The molecule has 1 aromatic carbocycles. The minimum atomic E-state index is -3.54. The maximum atomic E-state index is 12.5. The van der Waals surface area contributed by atoms with Gasteiger partial charge in [0.1, 0.15) is 0 Å². The predicted octanol–water partition coefficient (Wildman–Crippen LogP) is 0.718. The SMILES string of the molecule is CN(C)c1nc(CNC(=O)c2ccc(S(=O)(=O)N(C)C)cc2)nc(N2CCCC2)n1. The zero-order chi connectivity index (χ0) is 21.9. The van der Waals surface area contributed by atoms with Gasteiger partial charge in [-0.05, 0) is 37.1 Å². The van der Waals surface area contributed by atoms with Gasteiger partial charge in [-0.25, -0.2) is 12.7 Å². The summed E-state index contributed by atoms with van der Waals surface area (Å²) in [5.74, 6) is 1.29. The van der Waals surface area contributed by atoms with E-state index in [9.17, 15) is 13.2 Å². The fraction of sp³-hybridized carbons (Fsp3) is 0.474. The second kappa shape index (κ2) is 8.92. The number of rotatable bonds is 7. The van der Waals surface area contributed by atoms with Gasteiger partial charge in [-0.3, -0.25) is 4.79 Å². The van der Waals surface area contributed by atoms with E-state index < -0.39 is 10.0 Å². The average molecular weight is 434 g/mol. The Kier molecular flexibility index (Phi) is 6.52. The highest BCUT2D eigenvalue weighted by Gasteiger charge is 2.19. The van der Waals surface area contributed by atoms with Crippen LogP contribution in [0.1, 0.15) is 29.0 Å². The third-order valence-electron chi connectivity index (χ3n) is 4.75. The first kappa shape index (κ1) is 21.9. The first-order chi connectivity index (χ1) is 14.2. The largest absolute Gasteiger partial charge is 0.347 e. The lowest BCUT2D eigenvalue weighted by Crippen LogP contribution is -2.27. The molecule has 162 valence electrons. The lowest BCUT2D eigenvalue weighted by atomic mass is 10.2. The van der Waals surface area contributed by atoms with E-state index in [1.807, 2.05) is 14.1 Å². The Morgan fingerprint density at radius 3 is 2.23 bits per heavy atom. The molecule has 0 aliphatic carbocycles. The first-order valence-corrected chi connectivity index (χ1v) is 11.1. The van der Waals surface area contributed by atoms with Crippen LogP contribution < -0.4 is 15.1 Å². The number of carbonyl (C=O) groups excluding carboxylic acids is 1. The highest BCUT2D eigenvalue weighted by atomic mass is 32.2. The number of amides is 1. The molecule has 30 heavy (non-hydrogen) atoms. The summed E-state index contributed by atoms with van der Waals surface area (Å²) in [6, 6.07) is 5.81. The standard InChI is InChI=1S/C19H27N7O3S/c1-24(2)18-21-16(22-19(23-18)26-11-5-6-12-26)13-20-17(27)14-7-9-15(10-8-14)30(28,29)25(3)4/h7-10H,5-6,11-13H2,1-4H3,(H,20,27).